The van der Waals surface area contributed by atoms with E-state index in [2.05, 4.69) is 5.32 Å². The first kappa shape index (κ1) is 20.5. The van der Waals surface area contributed by atoms with E-state index in [9.17, 15) is 22.4 Å². The van der Waals surface area contributed by atoms with Gasteiger partial charge in [0.05, 0.1) is 10.7 Å². The lowest BCUT2D eigenvalue weighted by molar-refractivity contribution is -0.116. The lowest BCUT2D eigenvalue weighted by Gasteiger charge is -2.25. The summed E-state index contributed by atoms with van der Waals surface area (Å²) in [7, 11) is -3.92. The zero-order chi connectivity index (χ0) is 20.3. The Hall–Kier alpha value is -2.23. The fraction of sp³-hybridized carbons (Fsp3) is 0.333. The molecule has 0 aliphatic carbocycles. The van der Waals surface area contributed by atoms with Crippen LogP contribution in [0.4, 0.5) is 10.1 Å². The zero-order valence-electron chi connectivity index (χ0n) is 14.9. The second kappa shape index (κ2) is 8.42. The van der Waals surface area contributed by atoms with Gasteiger partial charge in [0.2, 0.25) is 15.9 Å². The molecule has 1 aliphatic rings. The van der Waals surface area contributed by atoms with Crippen molar-refractivity contribution in [3.63, 3.8) is 0 Å². The van der Waals surface area contributed by atoms with Crippen molar-refractivity contribution in [1.29, 1.82) is 0 Å². The van der Waals surface area contributed by atoms with E-state index in [1.54, 1.807) is 0 Å². The van der Waals surface area contributed by atoms with E-state index >= 15 is 0 Å². The van der Waals surface area contributed by atoms with Crippen LogP contribution in [-0.2, 0) is 21.4 Å². The van der Waals surface area contributed by atoms with Crippen molar-refractivity contribution in [2.75, 3.05) is 18.4 Å². The molecule has 1 aliphatic heterocycles. The number of benzene rings is 1. The molecule has 28 heavy (non-hydrogen) atoms. The molecule has 150 valence electrons. The molecule has 1 N–H and O–H groups in total. The highest BCUT2D eigenvalue weighted by Crippen LogP contribution is 2.22. The van der Waals surface area contributed by atoms with Gasteiger partial charge in [-0.15, -0.1) is 0 Å². The van der Waals surface area contributed by atoms with Crippen molar-refractivity contribution >= 4 is 33.2 Å². The number of nitrogens with zero attached hydrogens (tertiary/aromatic N) is 2. The Kier molecular flexibility index (Phi) is 6.17. The molecule has 10 heteroatoms. The molecule has 1 aromatic carbocycles. The molecule has 1 fully saturated rings. The van der Waals surface area contributed by atoms with E-state index in [0.717, 1.165) is 36.0 Å². The third kappa shape index (κ3) is 4.43. The number of aromatic nitrogens is 1. The molecule has 2 aromatic rings. The molecule has 2 heterocycles. The van der Waals surface area contributed by atoms with Gasteiger partial charge in [0.15, 0.2) is 0 Å². The van der Waals surface area contributed by atoms with Crippen LogP contribution >= 0.6 is 11.6 Å². The Bertz CT molecular complexity index is 1050. The van der Waals surface area contributed by atoms with Crippen LogP contribution in [0.15, 0.2) is 46.2 Å². The summed E-state index contributed by atoms with van der Waals surface area (Å²) < 4.78 is 41.0. The average Bonchev–Trinajstić information content (AvgIpc) is 2.66. The van der Waals surface area contributed by atoms with Crippen LogP contribution in [0, 0.1) is 5.82 Å². The van der Waals surface area contributed by atoms with Gasteiger partial charge in [-0.25, -0.2) is 12.8 Å². The lowest BCUT2D eigenvalue weighted by atomic mass is 10.2. The van der Waals surface area contributed by atoms with Crippen LogP contribution in [0.2, 0.25) is 5.02 Å². The van der Waals surface area contributed by atoms with Crippen molar-refractivity contribution in [3.8, 4) is 0 Å². The molecular weight excluding hydrogens is 409 g/mol. The van der Waals surface area contributed by atoms with Crippen LogP contribution in [0.3, 0.4) is 0 Å². The topological polar surface area (TPSA) is 88.5 Å². The summed E-state index contributed by atoms with van der Waals surface area (Å²) >= 11 is 5.87. The number of carbonyl (C=O) groups is 1. The summed E-state index contributed by atoms with van der Waals surface area (Å²) in [5.74, 6) is -1.14. The quantitative estimate of drug-likeness (QED) is 0.793. The van der Waals surface area contributed by atoms with Crippen molar-refractivity contribution in [1.82, 2.24) is 8.87 Å². The fourth-order valence-electron chi connectivity index (χ4n) is 3.02. The van der Waals surface area contributed by atoms with E-state index in [1.165, 1.54) is 28.7 Å². The Morgan fingerprint density at radius 2 is 1.89 bits per heavy atom. The van der Waals surface area contributed by atoms with Gasteiger partial charge in [-0.2, -0.15) is 4.31 Å². The highest BCUT2D eigenvalue weighted by molar-refractivity contribution is 7.89. The van der Waals surface area contributed by atoms with Gasteiger partial charge in [-0.3, -0.25) is 9.59 Å². The van der Waals surface area contributed by atoms with Gasteiger partial charge >= 0.3 is 0 Å². The third-order valence-electron chi connectivity index (χ3n) is 4.44. The number of halogens is 2. The Morgan fingerprint density at radius 3 is 2.57 bits per heavy atom. The van der Waals surface area contributed by atoms with E-state index in [1.807, 2.05) is 0 Å². The number of hydrogen-bond acceptors (Lipinski definition) is 4. The maximum Gasteiger partial charge on any atom is 0.271 e. The maximum atomic E-state index is 13.1. The molecule has 1 aromatic heterocycles. The Labute approximate surface area is 166 Å². The lowest BCUT2D eigenvalue weighted by Crippen LogP contribution is -2.39. The second-order valence-corrected chi connectivity index (χ2v) is 8.76. The summed E-state index contributed by atoms with van der Waals surface area (Å²) in [5.41, 5.74) is -0.577. The molecule has 0 bridgehead atoms. The number of piperidine rings is 1. The van der Waals surface area contributed by atoms with Crippen LogP contribution in [0.1, 0.15) is 19.3 Å². The van der Waals surface area contributed by atoms with Crippen molar-refractivity contribution in [3.05, 3.63) is 57.7 Å². The minimum atomic E-state index is -3.92. The maximum absolute atomic E-state index is 13.1. The molecule has 1 saturated heterocycles. The zero-order valence-corrected chi connectivity index (χ0v) is 16.5. The first-order valence-corrected chi connectivity index (χ1v) is 10.6. The molecule has 0 saturated carbocycles. The number of sulfonamides is 1. The van der Waals surface area contributed by atoms with Crippen molar-refractivity contribution < 1.29 is 17.6 Å². The Balaban J connectivity index is 1.81. The van der Waals surface area contributed by atoms with Crippen molar-refractivity contribution in [2.24, 2.45) is 0 Å². The van der Waals surface area contributed by atoms with Gasteiger partial charge in [0.25, 0.3) is 5.56 Å². The van der Waals surface area contributed by atoms with Gasteiger partial charge in [-0.05, 0) is 43.2 Å². The monoisotopic (exact) mass is 427 g/mol. The Morgan fingerprint density at radius 1 is 1.18 bits per heavy atom. The summed E-state index contributed by atoms with van der Waals surface area (Å²) in [6.45, 7) is 0.344. The van der Waals surface area contributed by atoms with E-state index in [4.69, 9.17) is 11.6 Å². The van der Waals surface area contributed by atoms with E-state index in [-0.39, 0.29) is 15.6 Å². The van der Waals surface area contributed by atoms with Gasteiger partial charge in [0.1, 0.15) is 17.3 Å². The number of hydrogen-bond donors (Lipinski definition) is 1. The first-order chi connectivity index (χ1) is 13.3. The van der Waals surface area contributed by atoms with Crippen LogP contribution in [0.5, 0.6) is 0 Å². The van der Waals surface area contributed by atoms with Gasteiger partial charge in [-0.1, -0.05) is 18.0 Å². The highest BCUT2D eigenvalue weighted by Gasteiger charge is 2.29. The van der Waals surface area contributed by atoms with Crippen molar-refractivity contribution in [2.45, 2.75) is 30.7 Å². The smallest absolute Gasteiger partial charge is 0.271 e. The molecule has 7 nitrogen and oxygen atoms in total. The first-order valence-electron chi connectivity index (χ1n) is 8.73. The van der Waals surface area contributed by atoms with Crippen LogP contribution in [-0.4, -0.2) is 36.3 Å². The minimum absolute atomic E-state index is 0.0159. The summed E-state index contributed by atoms with van der Waals surface area (Å²) in [6, 6.07) is 6.15. The predicted molar refractivity (Wildman–Crippen MR) is 103 cm³/mol. The minimum Gasteiger partial charge on any atom is -0.323 e. The fourth-order valence-corrected chi connectivity index (χ4v) is 4.84. The normalized spacial score (nSPS) is 15.4. The predicted octanol–water partition coefficient (Wildman–Crippen LogP) is 2.45. The number of carbonyl (C=O) groups excluding carboxylic acids is 1. The highest BCUT2D eigenvalue weighted by atomic mass is 35.5. The summed E-state index contributed by atoms with van der Waals surface area (Å²) in [6.07, 6.45) is 3.79. The average molecular weight is 428 g/mol. The number of amides is 1. The standard InChI is InChI=1S/C18H19ClFN3O4S/c19-14-11-13(20)6-7-15(14)21-17(24)12-22-8-4-5-16(18(22)25)28(26,27)23-9-2-1-3-10-23/h4-8,11H,1-3,9-10,12H2,(H,21,24). The summed E-state index contributed by atoms with van der Waals surface area (Å²) in [4.78, 5) is 24.6. The largest absolute Gasteiger partial charge is 0.323 e. The van der Waals surface area contributed by atoms with E-state index < -0.39 is 33.9 Å². The SMILES string of the molecule is O=C(Cn1cccc(S(=O)(=O)N2CCCCC2)c1=O)Nc1ccc(F)cc1Cl. The van der Waals surface area contributed by atoms with Gasteiger partial charge < -0.3 is 9.88 Å². The van der Waals surface area contributed by atoms with E-state index in [0.29, 0.717) is 13.1 Å². The molecule has 3 rings (SSSR count). The van der Waals surface area contributed by atoms with Crippen LogP contribution < -0.4 is 10.9 Å². The summed E-state index contributed by atoms with van der Waals surface area (Å²) in [5, 5.41) is 2.49. The number of rotatable bonds is 5. The van der Waals surface area contributed by atoms with Crippen LogP contribution in [0.25, 0.3) is 0 Å². The van der Waals surface area contributed by atoms with Gasteiger partial charge in [0, 0.05) is 19.3 Å². The number of anilines is 1. The molecular formula is C18H19ClFN3O4S. The molecule has 0 spiro atoms. The third-order valence-corrected chi connectivity index (χ3v) is 6.66. The molecule has 0 radical (unpaired) electrons. The molecule has 1 amide bonds. The molecule has 0 atom stereocenters. The number of pyridine rings is 1. The number of nitrogens with one attached hydrogen (secondary N) is 1. The second-order valence-electron chi connectivity index (χ2n) is 6.44. The molecule has 0 unspecified atom stereocenters.